The van der Waals surface area contributed by atoms with E-state index in [1.54, 1.807) is 0 Å². The Morgan fingerprint density at radius 2 is 1.00 bits per heavy atom. The number of hydrogen-bond acceptors (Lipinski definition) is 3. The molecule has 30 heavy (non-hydrogen) atoms. The number of rotatable bonds is 9. The van der Waals surface area contributed by atoms with E-state index in [0.717, 1.165) is 32.6 Å². The third-order valence-corrected chi connectivity index (χ3v) is 5.17. The first-order valence-corrected chi connectivity index (χ1v) is 10.1. The second kappa shape index (κ2) is 15.3. The summed E-state index contributed by atoms with van der Waals surface area (Å²) in [5.41, 5.74) is 10.6. The number of likely N-dealkylation sites (N-methyl/N-ethyl adjacent to an activating group) is 1. The molecular formula is C24H37Br2CoN3. The van der Waals surface area contributed by atoms with Crippen molar-refractivity contribution in [1.82, 2.24) is 4.90 Å². The summed E-state index contributed by atoms with van der Waals surface area (Å²) < 4.78 is 0. The maximum absolute atomic E-state index is 3.62. The minimum atomic E-state index is 0. The van der Waals surface area contributed by atoms with Gasteiger partial charge >= 0.3 is 16.8 Å². The average Bonchev–Trinajstić information content (AvgIpc) is 2.55. The standard InChI is InChI=1S/C24H37N3.2BrH.Co/c1-17-13-19(3)23(20(4)14-17)25-9-8-11-27(7)12-10-26-24-21(5)15-18(2)16-22(24)6;;;/h13-16,25-26H,8-12H2,1-7H3;2*1H;/q;;;+2/p-2. The summed E-state index contributed by atoms with van der Waals surface area (Å²) in [6.07, 6.45) is 1.14. The van der Waals surface area contributed by atoms with Crippen molar-refractivity contribution in [2.45, 2.75) is 48.0 Å². The molecule has 1 radical (unpaired) electrons. The van der Waals surface area contributed by atoms with Crippen LogP contribution in [0.3, 0.4) is 0 Å². The number of aryl methyl sites for hydroxylation is 6. The Morgan fingerprint density at radius 1 is 0.633 bits per heavy atom. The zero-order valence-electron chi connectivity index (χ0n) is 19.4. The van der Waals surface area contributed by atoms with Gasteiger partial charge in [0.25, 0.3) is 0 Å². The molecule has 0 unspecified atom stereocenters. The van der Waals surface area contributed by atoms with Crippen molar-refractivity contribution in [1.29, 1.82) is 0 Å². The Morgan fingerprint density at radius 3 is 1.40 bits per heavy atom. The maximum atomic E-state index is 3.62. The van der Waals surface area contributed by atoms with Gasteiger partial charge in [0.2, 0.25) is 0 Å². The third kappa shape index (κ3) is 9.73. The second-order valence-corrected chi connectivity index (χ2v) is 8.06. The van der Waals surface area contributed by atoms with Gasteiger partial charge in [0.1, 0.15) is 0 Å². The molecule has 2 aromatic carbocycles. The Hall–Kier alpha value is -0.534. The van der Waals surface area contributed by atoms with Gasteiger partial charge in [-0.3, -0.25) is 0 Å². The van der Waals surface area contributed by atoms with Crippen molar-refractivity contribution in [2.75, 3.05) is 43.9 Å². The number of hydrogen-bond donors (Lipinski definition) is 2. The molecule has 0 aliphatic rings. The minimum Gasteiger partial charge on any atom is -1.00 e. The van der Waals surface area contributed by atoms with E-state index in [-0.39, 0.29) is 50.7 Å². The fourth-order valence-corrected chi connectivity index (χ4v) is 3.96. The zero-order valence-corrected chi connectivity index (χ0v) is 23.6. The van der Waals surface area contributed by atoms with Crippen LogP contribution in [-0.4, -0.2) is 38.1 Å². The summed E-state index contributed by atoms with van der Waals surface area (Å²) in [6, 6.07) is 9.00. The minimum absolute atomic E-state index is 0. The number of nitrogens with zero attached hydrogens (tertiary/aromatic N) is 1. The van der Waals surface area contributed by atoms with E-state index in [9.17, 15) is 0 Å². The molecule has 171 valence electrons. The van der Waals surface area contributed by atoms with Crippen LogP contribution in [0.2, 0.25) is 0 Å². The zero-order chi connectivity index (χ0) is 20.0. The van der Waals surface area contributed by atoms with Crippen LogP contribution in [0.5, 0.6) is 0 Å². The largest absolute Gasteiger partial charge is 2.00 e. The molecule has 2 N–H and O–H groups in total. The van der Waals surface area contributed by atoms with Gasteiger partial charge in [-0.25, -0.2) is 0 Å². The van der Waals surface area contributed by atoms with E-state index in [1.165, 1.54) is 44.8 Å². The molecule has 2 aromatic rings. The summed E-state index contributed by atoms with van der Waals surface area (Å²) >= 11 is 0. The molecule has 0 aliphatic carbocycles. The molecular weight excluding hydrogens is 549 g/mol. The van der Waals surface area contributed by atoms with E-state index in [4.69, 9.17) is 0 Å². The monoisotopic (exact) mass is 584 g/mol. The van der Waals surface area contributed by atoms with Crippen molar-refractivity contribution >= 4 is 11.4 Å². The van der Waals surface area contributed by atoms with Crippen LogP contribution in [0.1, 0.15) is 39.8 Å². The van der Waals surface area contributed by atoms with Gasteiger partial charge < -0.3 is 49.5 Å². The summed E-state index contributed by atoms with van der Waals surface area (Å²) in [7, 11) is 2.21. The molecule has 0 bridgehead atoms. The normalized spacial score (nSPS) is 10.0. The van der Waals surface area contributed by atoms with Gasteiger partial charge in [-0.2, -0.15) is 0 Å². The van der Waals surface area contributed by atoms with Crippen molar-refractivity contribution < 1.29 is 50.7 Å². The molecule has 2 rings (SSSR count). The molecule has 0 aromatic heterocycles. The number of halogens is 2. The topological polar surface area (TPSA) is 27.3 Å². The summed E-state index contributed by atoms with van der Waals surface area (Å²) in [5.74, 6) is 0. The maximum Gasteiger partial charge on any atom is 2.00 e. The van der Waals surface area contributed by atoms with E-state index in [1.807, 2.05) is 0 Å². The first-order valence-electron chi connectivity index (χ1n) is 10.1. The van der Waals surface area contributed by atoms with E-state index >= 15 is 0 Å². The summed E-state index contributed by atoms with van der Waals surface area (Å²) in [5, 5.41) is 7.24. The van der Waals surface area contributed by atoms with Gasteiger partial charge in [0.15, 0.2) is 0 Å². The first-order chi connectivity index (χ1) is 12.8. The summed E-state index contributed by atoms with van der Waals surface area (Å²) in [6.45, 7) is 17.2. The smallest absolute Gasteiger partial charge is 1.00 e. The first kappa shape index (κ1) is 31.7. The van der Waals surface area contributed by atoms with Crippen molar-refractivity contribution in [3.8, 4) is 0 Å². The molecule has 0 amide bonds. The predicted octanol–water partition coefficient (Wildman–Crippen LogP) is -0.611. The molecule has 0 heterocycles. The number of benzene rings is 2. The Kier molecular flexibility index (Phi) is 16.1. The van der Waals surface area contributed by atoms with Gasteiger partial charge in [-0.15, -0.1) is 0 Å². The number of anilines is 2. The van der Waals surface area contributed by atoms with Gasteiger partial charge in [-0.1, -0.05) is 35.4 Å². The molecule has 0 atom stereocenters. The van der Waals surface area contributed by atoms with Crippen LogP contribution >= 0.6 is 0 Å². The van der Waals surface area contributed by atoms with Crippen LogP contribution in [0.15, 0.2) is 24.3 Å². The van der Waals surface area contributed by atoms with Crippen molar-refractivity contribution in [3.05, 3.63) is 57.6 Å². The quantitative estimate of drug-likeness (QED) is 0.385. The predicted molar refractivity (Wildman–Crippen MR) is 120 cm³/mol. The van der Waals surface area contributed by atoms with E-state index < -0.39 is 0 Å². The van der Waals surface area contributed by atoms with Crippen LogP contribution in [-0.2, 0) is 16.8 Å². The summed E-state index contributed by atoms with van der Waals surface area (Å²) in [4.78, 5) is 2.41. The van der Waals surface area contributed by atoms with Crippen LogP contribution in [0, 0.1) is 41.5 Å². The molecule has 0 aliphatic heterocycles. The molecule has 0 spiro atoms. The van der Waals surface area contributed by atoms with Crippen LogP contribution < -0.4 is 44.6 Å². The van der Waals surface area contributed by atoms with Crippen molar-refractivity contribution in [2.24, 2.45) is 0 Å². The SMILES string of the molecule is Cc1cc(C)c(NCCCN(C)CCNc2c(C)cc(C)cc2C)c(C)c1.[Br-].[Br-].[Co+2]. The molecule has 6 heteroatoms. The van der Waals surface area contributed by atoms with E-state index in [2.05, 4.69) is 88.4 Å². The van der Waals surface area contributed by atoms with Crippen LogP contribution in [0.25, 0.3) is 0 Å². The fourth-order valence-electron chi connectivity index (χ4n) is 3.96. The Labute approximate surface area is 215 Å². The Bertz CT molecular complexity index is 735. The molecule has 0 saturated heterocycles. The number of nitrogens with one attached hydrogen (secondary N) is 2. The van der Waals surface area contributed by atoms with E-state index in [0.29, 0.717) is 0 Å². The van der Waals surface area contributed by atoms with Gasteiger partial charge in [0, 0.05) is 31.0 Å². The average molecular weight is 586 g/mol. The fraction of sp³-hybridized carbons (Fsp3) is 0.500. The Balaban J connectivity index is 0. The third-order valence-electron chi connectivity index (χ3n) is 5.17. The van der Waals surface area contributed by atoms with Gasteiger partial charge in [0.05, 0.1) is 0 Å². The molecule has 0 fully saturated rings. The van der Waals surface area contributed by atoms with Gasteiger partial charge in [-0.05, 0) is 83.8 Å². The van der Waals surface area contributed by atoms with Crippen LogP contribution in [0.4, 0.5) is 11.4 Å². The van der Waals surface area contributed by atoms with Crippen molar-refractivity contribution in [3.63, 3.8) is 0 Å². The second-order valence-electron chi connectivity index (χ2n) is 8.06. The molecule has 0 saturated carbocycles. The molecule has 3 nitrogen and oxygen atoms in total.